The molecule has 0 heterocycles. The van der Waals surface area contributed by atoms with E-state index in [1.54, 1.807) is 13.2 Å². The molecule has 0 aliphatic heterocycles. The lowest BCUT2D eigenvalue weighted by molar-refractivity contribution is -0.384. The van der Waals surface area contributed by atoms with Crippen LogP contribution in [0.4, 0.5) is 5.69 Å². The van der Waals surface area contributed by atoms with E-state index in [0.29, 0.717) is 37.7 Å². The van der Waals surface area contributed by atoms with Crippen molar-refractivity contribution in [3.63, 3.8) is 0 Å². The maximum Gasteiger partial charge on any atom is 0.270 e. The van der Waals surface area contributed by atoms with Crippen LogP contribution in [0.1, 0.15) is 12.0 Å². The molecule has 0 fully saturated rings. The van der Waals surface area contributed by atoms with Gasteiger partial charge in [0.05, 0.1) is 16.6 Å². The Bertz CT molecular complexity index is 496. The largest absolute Gasteiger partial charge is 0.383 e. The van der Waals surface area contributed by atoms with E-state index in [1.165, 1.54) is 12.1 Å². The normalized spacial score (nSPS) is 10.4. The molecule has 7 nitrogen and oxygen atoms in total. The highest BCUT2D eigenvalue weighted by molar-refractivity contribution is 6.31. The molecule has 1 amide bonds. The summed E-state index contributed by atoms with van der Waals surface area (Å²) in [5.41, 5.74) is 0.711. The van der Waals surface area contributed by atoms with Gasteiger partial charge in [0.15, 0.2) is 0 Å². The predicted octanol–water partition coefficient (Wildman–Crippen LogP) is 1.49. The average molecular weight is 316 g/mol. The van der Waals surface area contributed by atoms with Crippen molar-refractivity contribution in [2.75, 3.05) is 26.8 Å². The van der Waals surface area contributed by atoms with Crippen LogP contribution in [0, 0.1) is 10.1 Å². The molecule has 8 heteroatoms. The smallest absolute Gasteiger partial charge is 0.270 e. The van der Waals surface area contributed by atoms with Crippen molar-refractivity contribution in [3.8, 4) is 0 Å². The third-order valence-corrected chi connectivity index (χ3v) is 3.07. The van der Waals surface area contributed by atoms with E-state index < -0.39 is 4.92 Å². The number of non-ortho nitro benzene ring substituents is 1. The van der Waals surface area contributed by atoms with Gasteiger partial charge in [0, 0.05) is 45.3 Å². The Balaban J connectivity index is 2.30. The minimum Gasteiger partial charge on any atom is -0.383 e. The van der Waals surface area contributed by atoms with Crippen LogP contribution in [0.3, 0.4) is 0 Å². The highest BCUT2D eigenvalue weighted by Gasteiger charge is 2.09. The van der Waals surface area contributed by atoms with Crippen molar-refractivity contribution < 1.29 is 14.5 Å². The SMILES string of the molecule is COCCNC(=O)CCNCc1ccc([N+](=O)[O-])cc1Cl. The fourth-order valence-electron chi connectivity index (χ4n) is 1.60. The fraction of sp³-hybridized carbons (Fsp3) is 0.462. The molecule has 1 rings (SSSR count). The summed E-state index contributed by atoms with van der Waals surface area (Å²) in [4.78, 5) is 21.5. The number of nitrogens with one attached hydrogen (secondary N) is 2. The molecule has 0 unspecified atom stereocenters. The van der Waals surface area contributed by atoms with Gasteiger partial charge in [-0.15, -0.1) is 0 Å². The number of hydrogen-bond donors (Lipinski definition) is 2. The molecular formula is C13H18ClN3O4. The number of rotatable bonds is 9. The standard InChI is InChI=1S/C13H18ClN3O4/c1-21-7-6-16-13(18)4-5-15-9-10-2-3-11(17(19)20)8-12(10)14/h2-3,8,15H,4-7,9H2,1H3,(H,16,18). The van der Waals surface area contributed by atoms with Crippen LogP contribution in [0.5, 0.6) is 0 Å². The number of nitro groups is 1. The molecule has 0 aliphatic rings. The Kier molecular flexibility index (Phi) is 7.66. The molecule has 0 radical (unpaired) electrons. The molecular weight excluding hydrogens is 298 g/mol. The fourth-order valence-corrected chi connectivity index (χ4v) is 1.84. The minimum atomic E-state index is -0.493. The van der Waals surface area contributed by atoms with Crippen molar-refractivity contribution in [3.05, 3.63) is 38.9 Å². The van der Waals surface area contributed by atoms with Gasteiger partial charge in [-0.3, -0.25) is 14.9 Å². The lowest BCUT2D eigenvalue weighted by Gasteiger charge is -2.07. The van der Waals surface area contributed by atoms with E-state index in [0.717, 1.165) is 5.56 Å². The van der Waals surface area contributed by atoms with Gasteiger partial charge in [0.1, 0.15) is 0 Å². The lowest BCUT2D eigenvalue weighted by atomic mass is 10.2. The van der Waals surface area contributed by atoms with Crippen molar-refractivity contribution in [1.29, 1.82) is 0 Å². The summed E-state index contributed by atoms with van der Waals surface area (Å²) in [5, 5.41) is 16.7. The van der Waals surface area contributed by atoms with Crippen molar-refractivity contribution in [1.82, 2.24) is 10.6 Å². The Morgan fingerprint density at radius 3 is 2.81 bits per heavy atom. The van der Waals surface area contributed by atoms with Gasteiger partial charge in [-0.25, -0.2) is 0 Å². The first-order valence-corrected chi connectivity index (χ1v) is 6.81. The zero-order valence-electron chi connectivity index (χ0n) is 11.7. The lowest BCUT2D eigenvalue weighted by Crippen LogP contribution is -2.29. The summed E-state index contributed by atoms with van der Waals surface area (Å²) in [6.07, 6.45) is 0.342. The Hall–Kier alpha value is -1.70. The zero-order valence-corrected chi connectivity index (χ0v) is 12.5. The van der Waals surface area contributed by atoms with Crippen LogP contribution in [-0.4, -0.2) is 37.6 Å². The second kappa shape index (κ2) is 9.28. The summed E-state index contributed by atoms with van der Waals surface area (Å²) < 4.78 is 4.82. The molecule has 116 valence electrons. The third kappa shape index (κ3) is 6.52. The quantitative estimate of drug-likeness (QED) is 0.409. The van der Waals surface area contributed by atoms with Gasteiger partial charge in [0.25, 0.3) is 5.69 Å². The first-order valence-electron chi connectivity index (χ1n) is 6.43. The van der Waals surface area contributed by atoms with E-state index in [4.69, 9.17) is 16.3 Å². The zero-order chi connectivity index (χ0) is 15.7. The molecule has 21 heavy (non-hydrogen) atoms. The van der Waals surface area contributed by atoms with E-state index in [2.05, 4.69) is 10.6 Å². The first kappa shape index (κ1) is 17.4. The number of benzene rings is 1. The van der Waals surface area contributed by atoms with Crippen LogP contribution in [0.25, 0.3) is 0 Å². The maximum absolute atomic E-state index is 11.4. The minimum absolute atomic E-state index is 0.0405. The molecule has 2 N–H and O–H groups in total. The average Bonchev–Trinajstić information content (AvgIpc) is 2.45. The Labute approximate surface area is 127 Å². The van der Waals surface area contributed by atoms with Crippen LogP contribution >= 0.6 is 11.6 Å². The number of carbonyl (C=O) groups excluding carboxylic acids is 1. The summed E-state index contributed by atoms with van der Waals surface area (Å²) in [7, 11) is 1.57. The second-order valence-corrected chi connectivity index (χ2v) is 4.71. The summed E-state index contributed by atoms with van der Waals surface area (Å²) in [5.74, 6) is -0.0608. The van der Waals surface area contributed by atoms with Gasteiger partial charge < -0.3 is 15.4 Å². The third-order valence-electron chi connectivity index (χ3n) is 2.72. The van der Waals surface area contributed by atoms with Gasteiger partial charge >= 0.3 is 0 Å². The van der Waals surface area contributed by atoms with Gasteiger partial charge in [-0.2, -0.15) is 0 Å². The van der Waals surface area contributed by atoms with E-state index in [-0.39, 0.29) is 11.6 Å². The summed E-state index contributed by atoms with van der Waals surface area (Å²) >= 11 is 5.96. The topological polar surface area (TPSA) is 93.5 Å². The van der Waals surface area contributed by atoms with Crippen molar-refractivity contribution >= 4 is 23.2 Å². The maximum atomic E-state index is 11.4. The van der Waals surface area contributed by atoms with Gasteiger partial charge in [-0.05, 0) is 11.6 Å². The first-order chi connectivity index (χ1) is 10.0. The highest BCUT2D eigenvalue weighted by Crippen LogP contribution is 2.22. The van der Waals surface area contributed by atoms with Gasteiger partial charge in [-0.1, -0.05) is 11.6 Å². The predicted molar refractivity (Wildman–Crippen MR) is 79.3 cm³/mol. The van der Waals surface area contributed by atoms with Crippen molar-refractivity contribution in [2.45, 2.75) is 13.0 Å². The van der Waals surface area contributed by atoms with Crippen LogP contribution in [0.15, 0.2) is 18.2 Å². The summed E-state index contributed by atoms with van der Waals surface area (Å²) in [6.45, 7) is 1.91. The van der Waals surface area contributed by atoms with Crippen molar-refractivity contribution in [2.24, 2.45) is 0 Å². The number of halogens is 1. The number of amides is 1. The van der Waals surface area contributed by atoms with E-state index >= 15 is 0 Å². The van der Waals surface area contributed by atoms with Crippen LogP contribution in [-0.2, 0) is 16.1 Å². The Morgan fingerprint density at radius 1 is 1.43 bits per heavy atom. The molecule has 0 saturated carbocycles. The van der Waals surface area contributed by atoms with E-state index in [1.807, 2.05) is 0 Å². The molecule has 0 atom stereocenters. The number of methoxy groups -OCH3 is 1. The highest BCUT2D eigenvalue weighted by atomic mass is 35.5. The summed E-state index contributed by atoms with van der Waals surface area (Å²) in [6, 6.07) is 4.32. The van der Waals surface area contributed by atoms with E-state index in [9.17, 15) is 14.9 Å². The molecule has 0 spiro atoms. The number of hydrogen-bond acceptors (Lipinski definition) is 5. The molecule has 0 aliphatic carbocycles. The molecule has 1 aromatic rings. The molecule has 0 saturated heterocycles. The monoisotopic (exact) mass is 315 g/mol. The number of nitro benzene ring substituents is 1. The Morgan fingerprint density at radius 2 is 2.19 bits per heavy atom. The second-order valence-electron chi connectivity index (χ2n) is 4.30. The number of carbonyl (C=O) groups is 1. The number of nitrogens with zero attached hydrogens (tertiary/aromatic N) is 1. The molecule has 1 aromatic carbocycles. The van der Waals surface area contributed by atoms with Crippen LogP contribution in [0.2, 0.25) is 5.02 Å². The number of ether oxygens (including phenoxy) is 1. The molecule has 0 aromatic heterocycles. The van der Waals surface area contributed by atoms with Crippen LogP contribution < -0.4 is 10.6 Å². The molecule has 0 bridgehead atoms. The van der Waals surface area contributed by atoms with Gasteiger partial charge in [0.2, 0.25) is 5.91 Å².